The highest BCUT2D eigenvalue weighted by atomic mass is 35.5. The van der Waals surface area contributed by atoms with Gasteiger partial charge in [0.05, 0.1) is 6.20 Å². The Hall–Kier alpha value is -1.61. The van der Waals surface area contributed by atoms with E-state index < -0.39 is 0 Å². The van der Waals surface area contributed by atoms with Crippen LogP contribution in [0.2, 0.25) is 5.02 Å². The van der Waals surface area contributed by atoms with Gasteiger partial charge >= 0.3 is 0 Å². The number of halogens is 1. The van der Waals surface area contributed by atoms with Crippen LogP contribution in [-0.4, -0.2) is 10.8 Å². The lowest BCUT2D eigenvalue weighted by molar-refractivity contribution is 0.0985. The summed E-state index contributed by atoms with van der Waals surface area (Å²) in [5.74, 6) is 0.689. The molecule has 2 aromatic rings. The zero-order valence-corrected chi connectivity index (χ0v) is 9.49. The van der Waals surface area contributed by atoms with E-state index in [0.29, 0.717) is 17.3 Å². The Morgan fingerprint density at radius 1 is 1.50 bits per heavy atom. The highest BCUT2D eigenvalue weighted by Crippen LogP contribution is 2.15. The molecular weight excluding hydrogens is 226 g/mol. The zero-order valence-electron chi connectivity index (χ0n) is 8.74. The lowest BCUT2D eigenvalue weighted by Gasteiger charge is -1.97. The molecule has 0 spiro atoms. The number of nitrogens with zero attached hydrogens (tertiary/aromatic N) is 1. The summed E-state index contributed by atoms with van der Waals surface area (Å²) >= 11 is 5.86. The summed E-state index contributed by atoms with van der Waals surface area (Å²) in [5.41, 5.74) is 1.00. The van der Waals surface area contributed by atoms with E-state index in [1.54, 1.807) is 0 Å². The van der Waals surface area contributed by atoms with Crippen molar-refractivity contribution in [3.05, 3.63) is 52.7 Å². The summed E-state index contributed by atoms with van der Waals surface area (Å²) in [7, 11) is 0. The summed E-state index contributed by atoms with van der Waals surface area (Å²) in [5, 5.41) is 0.677. The van der Waals surface area contributed by atoms with Crippen molar-refractivity contribution in [3.8, 4) is 0 Å². The Morgan fingerprint density at radius 2 is 2.31 bits per heavy atom. The monoisotopic (exact) mass is 235 g/mol. The fraction of sp³-hybridized carbons (Fsp3) is 0.167. The van der Waals surface area contributed by atoms with Crippen LogP contribution in [0.3, 0.4) is 0 Å². The second kappa shape index (κ2) is 4.49. The van der Waals surface area contributed by atoms with Gasteiger partial charge in [-0.2, -0.15) is 0 Å². The first kappa shape index (κ1) is 10.9. The molecule has 1 heterocycles. The summed E-state index contributed by atoms with van der Waals surface area (Å²) < 4.78 is 5.29. The number of rotatable bonds is 3. The molecule has 16 heavy (non-hydrogen) atoms. The molecule has 0 unspecified atom stereocenters. The second-order valence-corrected chi connectivity index (χ2v) is 3.92. The number of ketones is 1. The standard InChI is InChI=1S/C12H10ClNO2/c1-8(15)11-7-14-12(16-11)6-9-3-2-4-10(13)5-9/h2-5,7H,6H2,1H3. The van der Waals surface area contributed by atoms with Crippen LogP contribution < -0.4 is 0 Å². The second-order valence-electron chi connectivity index (χ2n) is 3.48. The van der Waals surface area contributed by atoms with Crippen LogP contribution in [0.5, 0.6) is 0 Å². The number of oxazole rings is 1. The van der Waals surface area contributed by atoms with Gasteiger partial charge in [0.25, 0.3) is 0 Å². The molecule has 0 N–H and O–H groups in total. The van der Waals surface area contributed by atoms with Crippen molar-refractivity contribution in [3.63, 3.8) is 0 Å². The summed E-state index contributed by atoms with van der Waals surface area (Å²) in [6, 6.07) is 7.46. The van der Waals surface area contributed by atoms with Gasteiger partial charge in [-0.1, -0.05) is 23.7 Å². The minimum Gasteiger partial charge on any atom is -0.437 e. The third-order valence-corrected chi connectivity index (χ3v) is 2.38. The van der Waals surface area contributed by atoms with E-state index in [9.17, 15) is 4.79 Å². The van der Waals surface area contributed by atoms with Gasteiger partial charge in [0.15, 0.2) is 17.4 Å². The van der Waals surface area contributed by atoms with E-state index in [1.165, 1.54) is 13.1 Å². The molecule has 0 saturated heterocycles. The predicted molar refractivity (Wildman–Crippen MR) is 60.8 cm³/mol. The van der Waals surface area contributed by atoms with Gasteiger partial charge in [-0.25, -0.2) is 4.98 Å². The minimum absolute atomic E-state index is 0.121. The Labute approximate surface area is 98.1 Å². The number of Topliss-reactive ketones (excluding diaryl/α,β-unsaturated/α-hetero) is 1. The molecule has 0 aliphatic carbocycles. The highest BCUT2D eigenvalue weighted by molar-refractivity contribution is 6.30. The lowest BCUT2D eigenvalue weighted by atomic mass is 10.1. The molecule has 0 fully saturated rings. The molecule has 0 aliphatic heterocycles. The molecule has 1 aromatic carbocycles. The van der Waals surface area contributed by atoms with Crippen molar-refractivity contribution >= 4 is 17.4 Å². The normalized spacial score (nSPS) is 10.4. The first-order valence-corrected chi connectivity index (χ1v) is 5.23. The van der Waals surface area contributed by atoms with Crippen molar-refractivity contribution < 1.29 is 9.21 Å². The Bertz CT molecular complexity index is 519. The smallest absolute Gasteiger partial charge is 0.199 e. The number of carbonyl (C=O) groups is 1. The van der Waals surface area contributed by atoms with Crippen LogP contribution in [0.1, 0.15) is 28.9 Å². The van der Waals surface area contributed by atoms with Crippen molar-refractivity contribution in [2.45, 2.75) is 13.3 Å². The molecule has 2 rings (SSSR count). The average Bonchev–Trinajstić information content (AvgIpc) is 2.66. The van der Waals surface area contributed by atoms with E-state index >= 15 is 0 Å². The maximum Gasteiger partial charge on any atom is 0.199 e. The summed E-state index contributed by atoms with van der Waals surface area (Å²) in [6.07, 6.45) is 1.98. The van der Waals surface area contributed by atoms with Gasteiger partial charge in [-0.05, 0) is 17.7 Å². The molecule has 4 heteroatoms. The number of benzene rings is 1. The van der Waals surface area contributed by atoms with Gasteiger partial charge in [-0.15, -0.1) is 0 Å². The van der Waals surface area contributed by atoms with Crippen molar-refractivity contribution in [1.29, 1.82) is 0 Å². The number of carbonyl (C=O) groups excluding carboxylic acids is 1. The maximum atomic E-state index is 11.0. The number of aromatic nitrogens is 1. The molecule has 3 nitrogen and oxygen atoms in total. The van der Waals surface area contributed by atoms with Gasteiger partial charge in [0, 0.05) is 18.4 Å². The number of hydrogen-bond donors (Lipinski definition) is 0. The lowest BCUT2D eigenvalue weighted by Crippen LogP contribution is -1.88. The fourth-order valence-electron chi connectivity index (χ4n) is 1.38. The quantitative estimate of drug-likeness (QED) is 0.768. The Balaban J connectivity index is 2.17. The Kier molecular flexibility index (Phi) is 3.06. The zero-order chi connectivity index (χ0) is 11.5. The SMILES string of the molecule is CC(=O)c1cnc(Cc2cccc(Cl)c2)o1. The van der Waals surface area contributed by atoms with Gasteiger partial charge in [0.1, 0.15) is 0 Å². The van der Waals surface area contributed by atoms with Crippen molar-refractivity contribution in [2.24, 2.45) is 0 Å². The molecule has 0 aliphatic rings. The van der Waals surface area contributed by atoms with E-state index in [2.05, 4.69) is 4.98 Å². The van der Waals surface area contributed by atoms with E-state index in [0.717, 1.165) is 5.56 Å². The predicted octanol–water partition coefficient (Wildman–Crippen LogP) is 3.12. The largest absolute Gasteiger partial charge is 0.437 e. The molecule has 1 aromatic heterocycles. The summed E-state index contributed by atoms with van der Waals surface area (Å²) in [6.45, 7) is 1.45. The number of hydrogen-bond acceptors (Lipinski definition) is 3. The third kappa shape index (κ3) is 2.49. The van der Waals surface area contributed by atoms with Crippen LogP contribution in [0, 0.1) is 0 Å². The van der Waals surface area contributed by atoms with E-state index in [4.69, 9.17) is 16.0 Å². The van der Waals surface area contributed by atoms with Crippen molar-refractivity contribution in [1.82, 2.24) is 4.98 Å². The molecule has 0 bridgehead atoms. The first-order valence-electron chi connectivity index (χ1n) is 4.85. The van der Waals surface area contributed by atoms with Crippen LogP contribution in [0.4, 0.5) is 0 Å². The average molecular weight is 236 g/mol. The molecule has 0 saturated carbocycles. The van der Waals surface area contributed by atoms with Gasteiger partial charge in [0.2, 0.25) is 0 Å². The fourth-order valence-corrected chi connectivity index (χ4v) is 1.59. The minimum atomic E-state index is -0.121. The van der Waals surface area contributed by atoms with Gasteiger partial charge in [-0.3, -0.25) is 4.79 Å². The third-order valence-electron chi connectivity index (χ3n) is 2.14. The highest BCUT2D eigenvalue weighted by Gasteiger charge is 2.08. The molecular formula is C12H10ClNO2. The molecule has 82 valence electrons. The Morgan fingerprint density at radius 3 is 2.94 bits per heavy atom. The maximum absolute atomic E-state index is 11.0. The molecule has 0 radical (unpaired) electrons. The molecule has 0 atom stereocenters. The topological polar surface area (TPSA) is 43.1 Å². The molecule has 0 amide bonds. The van der Waals surface area contributed by atoms with Crippen molar-refractivity contribution in [2.75, 3.05) is 0 Å². The van der Waals surface area contributed by atoms with E-state index in [-0.39, 0.29) is 11.5 Å². The summed E-state index contributed by atoms with van der Waals surface area (Å²) in [4.78, 5) is 15.0. The van der Waals surface area contributed by atoms with Gasteiger partial charge < -0.3 is 4.42 Å². The van der Waals surface area contributed by atoms with E-state index in [1.807, 2.05) is 24.3 Å². The van der Waals surface area contributed by atoms with Crippen LogP contribution in [0.25, 0.3) is 0 Å². The van der Waals surface area contributed by atoms with Crippen LogP contribution >= 0.6 is 11.6 Å². The van der Waals surface area contributed by atoms with Crippen LogP contribution in [0.15, 0.2) is 34.9 Å². The van der Waals surface area contributed by atoms with Crippen LogP contribution in [-0.2, 0) is 6.42 Å². The first-order chi connectivity index (χ1) is 7.65.